The highest BCUT2D eigenvalue weighted by molar-refractivity contribution is 6.16. The van der Waals surface area contributed by atoms with Gasteiger partial charge in [-0.2, -0.15) is 0 Å². The van der Waals surface area contributed by atoms with Crippen molar-refractivity contribution in [1.82, 2.24) is 4.98 Å². The molecule has 0 saturated carbocycles. The second kappa shape index (κ2) is 6.33. The molecule has 0 spiro atoms. The van der Waals surface area contributed by atoms with Crippen molar-refractivity contribution in [2.75, 3.05) is 18.4 Å². The Morgan fingerprint density at radius 2 is 2.17 bits per heavy atom. The molecule has 6 heteroatoms. The maximum absolute atomic E-state index is 14.5. The number of H-pyrrole nitrogens is 1. The Bertz CT molecular complexity index is 1000. The molecular formula is C18H19FN4O. The van der Waals surface area contributed by atoms with Crippen LogP contribution >= 0.6 is 0 Å². The number of nitrogens with two attached hydrogens (primary N) is 1. The van der Waals surface area contributed by atoms with Crippen molar-refractivity contribution >= 4 is 39.2 Å². The van der Waals surface area contributed by atoms with Crippen LogP contribution in [0.4, 0.5) is 10.1 Å². The van der Waals surface area contributed by atoms with E-state index in [-0.39, 0.29) is 11.7 Å². The zero-order chi connectivity index (χ0) is 17.3. The summed E-state index contributed by atoms with van der Waals surface area (Å²) in [7, 11) is 0. The van der Waals surface area contributed by atoms with Crippen molar-refractivity contribution in [3.8, 4) is 5.88 Å². The zero-order valence-electron chi connectivity index (χ0n) is 13.3. The molecule has 0 unspecified atom stereocenters. The molecule has 5 nitrogen and oxygen atoms in total. The first-order chi connectivity index (χ1) is 11.6. The summed E-state index contributed by atoms with van der Waals surface area (Å²) < 4.78 is 14.5. The molecular weight excluding hydrogens is 307 g/mol. The summed E-state index contributed by atoms with van der Waals surface area (Å²) in [6, 6.07) is 4.81. The molecule has 0 fully saturated rings. The molecule has 1 heterocycles. The van der Waals surface area contributed by atoms with E-state index in [0.717, 1.165) is 10.8 Å². The number of hydrogen-bond donors (Lipinski definition) is 5. The Labute approximate surface area is 138 Å². The highest BCUT2D eigenvalue weighted by atomic mass is 19.1. The van der Waals surface area contributed by atoms with Gasteiger partial charge in [-0.25, -0.2) is 4.39 Å². The summed E-state index contributed by atoms with van der Waals surface area (Å²) in [6.45, 7) is 2.82. The van der Waals surface area contributed by atoms with E-state index in [2.05, 4.69) is 10.3 Å². The molecule has 0 amide bonds. The van der Waals surface area contributed by atoms with Crippen LogP contribution < -0.4 is 16.3 Å². The number of aromatic nitrogens is 1. The standard InChI is InChI=1S/C18H19FN4O/c1-10(3-2-6-20)11-9-14(22-8-7-21)16-12(19)4-5-13-17(16)15(11)18(24)23-13/h2-6,9,20,22-24H,7-8,21H2,1H3. The lowest BCUT2D eigenvalue weighted by Crippen LogP contribution is -2.15. The molecule has 3 rings (SSSR count). The van der Waals surface area contributed by atoms with E-state index in [1.165, 1.54) is 12.3 Å². The molecule has 1 aromatic heterocycles. The first kappa shape index (κ1) is 16.0. The molecule has 124 valence electrons. The third-order valence-corrected chi connectivity index (χ3v) is 4.05. The summed E-state index contributed by atoms with van der Waals surface area (Å²) in [5, 5.41) is 23.1. The van der Waals surface area contributed by atoms with Crippen LogP contribution in [-0.4, -0.2) is 29.4 Å². The van der Waals surface area contributed by atoms with Crippen LogP contribution in [0.3, 0.4) is 0 Å². The fraction of sp³-hybridized carbons (Fsp3) is 0.167. The summed E-state index contributed by atoms with van der Waals surface area (Å²) in [5.41, 5.74) is 7.72. The van der Waals surface area contributed by atoms with Gasteiger partial charge in [0, 0.05) is 41.3 Å². The van der Waals surface area contributed by atoms with E-state index < -0.39 is 0 Å². The minimum absolute atomic E-state index is 0.00331. The van der Waals surface area contributed by atoms with Gasteiger partial charge in [-0.05, 0) is 42.0 Å². The van der Waals surface area contributed by atoms with Crippen molar-refractivity contribution in [3.63, 3.8) is 0 Å². The van der Waals surface area contributed by atoms with Crippen LogP contribution in [0.15, 0.2) is 30.4 Å². The number of allylic oxidation sites excluding steroid dienone is 2. The van der Waals surface area contributed by atoms with E-state index in [0.29, 0.717) is 40.5 Å². The third-order valence-electron chi connectivity index (χ3n) is 4.05. The van der Waals surface area contributed by atoms with Crippen molar-refractivity contribution in [1.29, 1.82) is 5.41 Å². The van der Waals surface area contributed by atoms with E-state index in [9.17, 15) is 9.50 Å². The lowest BCUT2D eigenvalue weighted by atomic mass is 10.00. The zero-order valence-corrected chi connectivity index (χ0v) is 13.3. The molecule has 0 atom stereocenters. The average molecular weight is 326 g/mol. The SMILES string of the molecule is CC(C=CC=N)=c1cc(NCCN)c2c(F)ccc3[nH]c(O)c1c32. The van der Waals surface area contributed by atoms with Crippen LogP contribution in [0.5, 0.6) is 5.88 Å². The Morgan fingerprint density at radius 1 is 1.38 bits per heavy atom. The quantitative estimate of drug-likeness (QED) is 0.466. The summed E-state index contributed by atoms with van der Waals surface area (Å²) in [5.74, 6) is -0.353. The molecule has 0 saturated heterocycles. The van der Waals surface area contributed by atoms with Gasteiger partial charge < -0.3 is 26.6 Å². The Hall–Kier alpha value is -2.86. The van der Waals surface area contributed by atoms with Gasteiger partial charge in [-0.1, -0.05) is 6.08 Å². The smallest absolute Gasteiger partial charge is 0.197 e. The fourth-order valence-electron chi connectivity index (χ4n) is 3.00. The topological polar surface area (TPSA) is 97.9 Å². The van der Waals surface area contributed by atoms with Gasteiger partial charge in [0.1, 0.15) is 5.82 Å². The fourth-order valence-corrected chi connectivity index (χ4v) is 3.00. The number of hydrogen-bond acceptors (Lipinski definition) is 4. The summed E-state index contributed by atoms with van der Waals surface area (Å²) in [4.78, 5) is 2.90. The van der Waals surface area contributed by atoms with Gasteiger partial charge in [0.15, 0.2) is 5.88 Å². The predicted molar refractivity (Wildman–Crippen MR) is 97.2 cm³/mol. The van der Waals surface area contributed by atoms with Gasteiger partial charge in [-0.15, -0.1) is 0 Å². The second-order valence-corrected chi connectivity index (χ2v) is 5.59. The number of anilines is 1. The monoisotopic (exact) mass is 326 g/mol. The second-order valence-electron chi connectivity index (χ2n) is 5.59. The van der Waals surface area contributed by atoms with Gasteiger partial charge in [-0.3, -0.25) is 0 Å². The van der Waals surface area contributed by atoms with E-state index >= 15 is 0 Å². The number of halogens is 1. The lowest BCUT2D eigenvalue weighted by molar-refractivity contribution is 0.464. The largest absolute Gasteiger partial charge is 0.494 e. The van der Waals surface area contributed by atoms with Gasteiger partial charge in [0.25, 0.3) is 0 Å². The van der Waals surface area contributed by atoms with Crippen molar-refractivity contribution < 1.29 is 9.50 Å². The van der Waals surface area contributed by atoms with E-state index in [4.69, 9.17) is 11.1 Å². The maximum atomic E-state index is 14.5. The molecule has 2 aromatic carbocycles. The van der Waals surface area contributed by atoms with Crippen molar-refractivity contribution in [2.45, 2.75) is 6.92 Å². The highest BCUT2D eigenvalue weighted by Crippen LogP contribution is 2.36. The number of aromatic hydroxyl groups is 1. The molecule has 6 N–H and O–H groups in total. The van der Waals surface area contributed by atoms with Crippen LogP contribution in [-0.2, 0) is 0 Å². The van der Waals surface area contributed by atoms with Crippen LogP contribution in [0.25, 0.3) is 27.2 Å². The molecule has 0 aliphatic carbocycles. The Kier molecular flexibility index (Phi) is 4.22. The highest BCUT2D eigenvalue weighted by Gasteiger charge is 2.17. The summed E-state index contributed by atoms with van der Waals surface area (Å²) in [6.07, 6.45) is 4.57. The van der Waals surface area contributed by atoms with Crippen LogP contribution in [0.1, 0.15) is 6.92 Å². The number of rotatable bonds is 5. The normalized spacial score (nSPS) is 13.1. The van der Waals surface area contributed by atoms with E-state index in [1.807, 2.05) is 13.0 Å². The average Bonchev–Trinajstić information content (AvgIpc) is 2.91. The molecule has 3 aromatic rings. The molecule has 0 aliphatic rings. The Balaban J connectivity index is 2.49. The third kappa shape index (κ3) is 2.51. The van der Waals surface area contributed by atoms with Crippen molar-refractivity contribution in [3.05, 3.63) is 41.4 Å². The van der Waals surface area contributed by atoms with Crippen LogP contribution in [0.2, 0.25) is 0 Å². The van der Waals surface area contributed by atoms with E-state index in [1.54, 1.807) is 18.2 Å². The number of nitrogens with one attached hydrogen (secondary N) is 3. The minimum Gasteiger partial charge on any atom is -0.494 e. The van der Waals surface area contributed by atoms with Crippen LogP contribution in [0, 0.1) is 11.2 Å². The molecule has 0 bridgehead atoms. The number of aromatic amines is 1. The van der Waals surface area contributed by atoms with Gasteiger partial charge in [0.2, 0.25) is 0 Å². The predicted octanol–water partition coefficient (Wildman–Crippen LogP) is 2.63. The van der Waals surface area contributed by atoms with Gasteiger partial charge in [0.05, 0.1) is 5.39 Å². The Morgan fingerprint density at radius 3 is 2.88 bits per heavy atom. The van der Waals surface area contributed by atoms with Gasteiger partial charge >= 0.3 is 0 Å². The summed E-state index contributed by atoms with van der Waals surface area (Å²) >= 11 is 0. The lowest BCUT2D eigenvalue weighted by Gasteiger charge is -2.11. The van der Waals surface area contributed by atoms with Crippen molar-refractivity contribution in [2.24, 2.45) is 5.73 Å². The molecule has 24 heavy (non-hydrogen) atoms. The molecule has 0 radical (unpaired) electrons. The molecule has 0 aliphatic heterocycles. The maximum Gasteiger partial charge on any atom is 0.197 e. The number of benzene rings is 2. The first-order valence-electron chi connectivity index (χ1n) is 7.66. The first-order valence-corrected chi connectivity index (χ1v) is 7.66. The minimum atomic E-state index is -0.356.